The Balaban J connectivity index is 1.88. The molecule has 2 nitrogen and oxygen atoms in total. The van der Waals surface area contributed by atoms with Crippen LogP contribution >= 0.6 is 11.3 Å². The van der Waals surface area contributed by atoms with Gasteiger partial charge in [-0.15, -0.1) is 11.3 Å². The lowest BCUT2D eigenvalue weighted by molar-refractivity contribution is 0.165. The summed E-state index contributed by atoms with van der Waals surface area (Å²) in [6.07, 6.45) is 5.46. The van der Waals surface area contributed by atoms with Crippen LogP contribution in [0.2, 0.25) is 0 Å². The van der Waals surface area contributed by atoms with Crippen molar-refractivity contribution in [1.82, 2.24) is 4.90 Å². The Morgan fingerprint density at radius 2 is 2.11 bits per heavy atom. The van der Waals surface area contributed by atoms with Crippen molar-refractivity contribution in [2.75, 3.05) is 13.6 Å². The van der Waals surface area contributed by atoms with E-state index in [-0.39, 0.29) is 0 Å². The molecule has 1 aliphatic carbocycles. The zero-order valence-corrected chi connectivity index (χ0v) is 12.8. The van der Waals surface area contributed by atoms with Crippen LogP contribution in [-0.4, -0.2) is 24.5 Å². The van der Waals surface area contributed by atoms with E-state index in [1.54, 1.807) is 0 Å². The van der Waals surface area contributed by atoms with Crippen molar-refractivity contribution in [2.45, 2.75) is 45.2 Å². The smallest absolute Gasteiger partial charge is 0.0555 e. The van der Waals surface area contributed by atoms with Crippen LogP contribution in [-0.2, 0) is 6.54 Å². The maximum Gasteiger partial charge on any atom is 0.0555 e. The summed E-state index contributed by atoms with van der Waals surface area (Å²) in [6.45, 7) is 3.86. The Morgan fingerprint density at radius 3 is 2.79 bits per heavy atom. The van der Waals surface area contributed by atoms with Crippen molar-refractivity contribution >= 4 is 11.3 Å². The van der Waals surface area contributed by atoms with Gasteiger partial charge in [-0.2, -0.15) is 0 Å². The van der Waals surface area contributed by atoms with Gasteiger partial charge in [0.25, 0.3) is 0 Å². The van der Waals surface area contributed by atoms with E-state index in [0.717, 1.165) is 24.1 Å². The molecule has 2 N–H and O–H groups in total. The second-order valence-corrected chi connectivity index (χ2v) is 6.63. The van der Waals surface area contributed by atoms with E-state index in [4.69, 9.17) is 5.73 Å². The van der Waals surface area contributed by atoms with Gasteiger partial charge in [0.15, 0.2) is 0 Å². The first-order chi connectivity index (χ1) is 9.19. The topological polar surface area (TPSA) is 29.3 Å². The Bertz CT molecular complexity index is 447. The summed E-state index contributed by atoms with van der Waals surface area (Å²) >= 11 is 1.81. The van der Waals surface area contributed by atoms with Gasteiger partial charge in [-0.25, -0.2) is 0 Å². The molecule has 3 heteroatoms. The van der Waals surface area contributed by atoms with E-state index in [0.29, 0.717) is 6.54 Å². The Morgan fingerprint density at radius 1 is 1.37 bits per heavy atom. The fraction of sp³-hybridized carbons (Fsp3) is 0.625. The van der Waals surface area contributed by atoms with Gasteiger partial charge >= 0.3 is 0 Å². The molecule has 0 aromatic carbocycles. The quantitative estimate of drug-likeness (QED) is 0.860. The van der Waals surface area contributed by atoms with Crippen molar-refractivity contribution in [2.24, 2.45) is 11.7 Å². The molecule has 19 heavy (non-hydrogen) atoms. The molecule has 0 bridgehead atoms. The zero-order chi connectivity index (χ0) is 13.7. The molecule has 0 radical (unpaired) electrons. The number of thiophene rings is 1. The Hall–Kier alpha value is -0.820. The third-order valence-electron chi connectivity index (χ3n) is 4.00. The molecule has 104 valence electrons. The van der Waals surface area contributed by atoms with Gasteiger partial charge in [0.1, 0.15) is 0 Å². The van der Waals surface area contributed by atoms with Crippen LogP contribution in [0.25, 0.3) is 0 Å². The van der Waals surface area contributed by atoms with Gasteiger partial charge in [-0.3, -0.25) is 4.90 Å². The van der Waals surface area contributed by atoms with Crippen LogP contribution in [0.15, 0.2) is 11.4 Å². The van der Waals surface area contributed by atoms with Gasteiger partial charge in [0.2, 0.25) is 0 Å². The summed E-state index contributed by atoms with van der Waals surface area (Å²) in [5.74, 6) is 6.93. The van der Waals surface area contributed by atoms with Gasteiger partial charge in [0, 0.05) is 28.4 Å². The van der Waals surface area contributed by atoms with E-state index >= 15 is 0 Å². The number of nitrogens with two attached hydrogens (primary N) is 1. The average Bonchev–Trinajstić information content (AvgIpc) is 2.84. The first-order valence-corrected chi connectivity index (χ1v) is 8.03. The molecule has 0 aliphatic heterocycles. The van der Waals surface area contributed by atoms with Crippen molar-refractivity contribution in [1.29, 1.82) is 0 Å². The lowest BCUT2D eigenvalue weighted by Gasteiger charge is -2.33. The molecule has 1 aromatic heterocycles. The molecular weight excluding hydrogens is 252 g/mol. The number of hydrogen-bond donors (Lipinski definition) is 1. The SMILES string of the molecule is CC1CCC(N(C)Cc2cc(C#CCN)cs2)CC1. The number of hydrogen-bond acceptors (Lipinski definition) is 3. The van der Waals surface area contributed by atoms with E-state index in [1.165, 1.54) is 30.6 Å². The van der Waals surface area contributed by atoms with Crippen LogP contribution in [0, 0.1) is 17.8 Å². The molecule has 1 aromatic rings. The van der Waals surface area contributed by atoms with Crippen molar-refractivity contribution in [3.8, 4) is 11.8 Å². The number of rotatable bonds is 3. The predicted octanol–water partition coefficient (Wildman–Crippen LogP) is 3.07. The van der Waals surface area contributed by atoms with E-state index in [2.05, 4.69) is 42.2 Å². The summed E-state index contributed by atoms with van der Waals surface area (Å²) in [4.78, 5) is 3.92. The molecule has 0 atom stereocenters. The first kappa shape index (κ1) is 14.6. The van der Waals surface area contributed by atoms with E-state index in [1.807, 2.05) is 11.3 Å². The third-order valence-corrected chi connectivity index (χ3v) is 4.92. The summed E-state index contributed by atoms with van der Waals surface area (Å²) < 4.78 is 0. The molecular formula is C16H24N2S. The summed E-state index contributed by atoms with van der Waals surface area (Å²) in [5, 5.41) is 2.13. The monoisotopic (exact) mass is 276 g/mol. The largest absolute Gasteiger partial charge is 0.320 e. The van der Waals surface area contributed by atoms with E-state index in [9.17, 15) is 0 Å². The fourth-order valence-corrected chi connectivity index (χ4v) is 3.62. The highest BCUT2D eigenvalue weighted by Crippen LogP contribution is 2.28. The Labute approximate surface area is 121 Å². The maximum absolute atomic E-state index is 5.39. The highest BCUT2D eigenvalue weighted by molar-refractivity contribution is 7.10. The van der Waals surface area contributed by atoms with Crippen LogP contribution < -0.4 is 5.73 Å². The second-order valence-electron chi connectivity index (χ2n) is 5.64. The van der Waals surface area contributed by atoms with Crippen molar-refractivity contribution < 1.29 is 0 Å². The van der Waals surface area contributed by atoms with E-state index < -0.39 is 0 Å². The zero-order valence-electron chi connectivity index (χ0n) is 12.0. The van der Waals surface area contributed by atoms with Crippen LogP contribution in [0.1, 0.15) is 43.0 Å². The Kier molecular flexibility index (Phi) is 5.45. The molecule has 1 heterocycles. The summed E-state index contributed by atoms with van der Waals surface area (Å²) in [7, 11) is 2.26. The van der Waals surface area contributed by atoms with Gasteiger partial charge < -0.3 is 5.73 Å². The fourth-order valence-electron chi connectivity index (χ4n) is 2.74. The van der Waals surface area contributed by atoms with Gasteiger partial charge in [0.05, 0.1) is 6.54 Å². The molecule has 1 fully saturated rings. The van der Waals surface area contributed by atoms with Crippen molar-refractivity contribution in [3.63, 3.8) is 0 Å². The molecule has 1 saturated carbocycles. The first-order valence-electron chi connectivity index (χ1n) is 7.15. The standard InChI is InChI=1S/C16H24N2S/c1-13-5-7-15(8-6-13)18(2)11-16-10-14(12-19-16)4-3-9-17/h10,12-13,15H,5-9,11,17H2,1-2H3. The maximum atomic E-state index is 5.39. The molecule has 0 spiro atoms. The lowest BCUT2D eigenvalue weighted by Crippen LogP contribution is -2.34. The van der Waals surface area contributed by atoms with Crippen molar-refractivity contribution in [3.05, 3.63) is 21.9 Å². The minimum Gasteiger partial charge on any atom is -0.320 e. The summed E-state index contributed by atoms with van der Waals surface area (Å²) in [6, 6.07) is 2.96. The average molecular weight is 276 g/mol. The second kappa shape index (κ2) is 7.09. The minimum atomic E-state index is 0.436. The normalized spacial score (nSPS) is 23.2. The molecule has 0 saturated heterocycles. The molecule has 0 unspecified atom stereocenters. The highest BCUT2D eigenvalue weighted by Gasteiger charge is 2.21. The summed E-state index contributed by atoms with van der Waals surface area (Å²) in [5.41, 5.74) is 6.50. The molecule has 1 aliphatic rings. The van der Waals surface area contributed by atoms with Gasteiger partial charge in [-0.1, -0.05) is 18.8 Å². The third kappa shape index (κ3) is 4.35. The number of nitrogens with zero attached hydrogens (tertiary/aromatic N) is 1. The van der Waals surface area contributed by atoms with Crippen LogP contribution in [0.3, 0.4) is 0 Å². The van der Waals surface area contributed by atoms with Crippen LogP contribution in [0.5, 0.6) is 0 Å². The lowest BCUT2D eigenvalue weighted by atomic mass is 9.87. The minimum absolute atomic E-state index is 0.436. The molecule has 2 rings (SSSR count). The van der Waals surface area contributed by atoms with Crippen LogP contribution in [0.4, 0.5) is 0 Å². The van der Waals surface area contributed by atoms with Gasteiger partial charge in [-0.05, 0) is 44.7 Å². The highest BCUT2D eigenvalue weighted by atomic mass is 32.1. The predicted molar refractivity (Wildman–Crippen MR) is 83.1 cm³/mol. The molecule has 0 amide bonds.